The molecule has 0 aliphatic rings. The standard InChI is InChI=1S/C10H16N2O/c1-7(2)10(13)9-5-6-11-12(9)8(3)4/h5-8H,1-4H3. The average molecular weight is 180 g/mol. The maximum atomic E-state index is 11.7. The number of aromatic nitrogens is 2. The molecule has 0 spiro atoms. The molecule has 1 heterocycles. The summed E-state index contributed by atoms with van der Waals surface area (Å²) in [5.74, 6) is 0.195. The van der Waals surface area contributed by atoms with Gasteiger partial charge in [-0.1, -0.05) is 13.8 Å². The molecule has 1 rings (SSSR count). The van der Waals surface area contributed by atoms with E-state index in [9.17, 15) is 4.79 Å². The van der Waals surface area contributed by atoms with Crippen molar-refractivity contribution in [2.45, 2.75) is 33.7 Å². The molecule has 0 radical (unpaired) electrons. The van der Waals surface area contributed by atoms with Crippen molar-refractivity contribution in [2.24, 2.45) is 5.92 Å². The lowest BCUT2D eigenvalue weighted by Crippen LogP contribution is -2.16. The minimum absolute atomic E-state index is 0.0363. The lowest BCUT2D eigenvalue weighted by Gasteiger charge is -2.11. The van der Waals surface area contributed by atoms with Gasteiger partial charge in [0.05, 0.1) is 0 Å². The van der Waals surface area contributed by atoms with E-state index in [4.69, 9.17) is 0 Å². The normalized spacial score (nSPS) is 11.2. The lowest BCUT2D eigenvalue weighted by atomic mass is 10.1. The molecule has 0 unspecified atom stereocenters. The van der Waals surface area contributed by atoms with E-state index in [-0.39, 0.29) is 17.7 Å². The molecule has 0 atom stereocenters. The summed E-state index contributed by atoms with van der Waals surface area (Å²) in [5, 5.41) is 4.12. The highest BCUT2D eigenvalue weighted by Gasteiger charge is 2.16. The molecule has 0 saturated carbocycles. The number of Topliss-reactive ketones (excluding diaryl/α,β-unsaturated/α-hetero) is 1. The largest absolute Gasteiger partial charge is 0.292 e. The summed E-state index contributed by atoms with van der Waals surface area (Å²) in [6, 6.07) is 2.02. The minimum Gasteiger partial charge on any atom is -0.292 e. The van der Waals surface area contributed by atoms with E-state index in [0.717, 1.165) is 0 Å². The number of hydrogen-bond donors (Lipinski definition) is 0. The predicted octanol–water partition coefficient (Wildman–Crippen LogP) is 2.30. The topological polar surface area (TPSA) is 34.9 Å². The van der Waals surface area contributed by atoms with Crippen LogP contribution >= 0.6 is 0 Å². The van der Waals surface area contributed by atoms with Crippen LogP contribution in [0.5, 0.6) is 0 Å². The van der Waals surface area contributed by atoms with Gasteiger partial charge in [0.1, 0.15) is 5.69 Å². The molecule has 0 aliphatic heterocycles. The van der Waals surface area contributed by atoms with Gasteiger partial charge in [-0.3, -0.25) is 9.48 Å². The maximum absolute atomic E-state index is 11.7. The number of carbonyl (C=O) groups excluding carboxylic acids is 1. The van der Waals surface area contributed by atoms with Crippen molar-refractivity contribution >= 4 is 5.78 Å². The zero-order valence-electron chi connectivity index (χ0n) is 8.61. The van der Waals surface area contributed by atoms with E-state index in [2.05, 4.69) is 5.10 Å². The van der Waals surface area contributed by atoms with Gasteiger partial charge in [-0.05, 0) is 19.9 Å². The van der Waals surface area contributed by atoms with Crippen molar-refractivity contribution < 1.29 is 4.79 Å². The summed E-state index contributed by atoms with van der Waals surface area (Å²) in [7, 11) is 0. The molecule has 1 aromatic heterocycles. The van der Waals surface area contributed by atoms with Crippen LogP contribution in [0.3, 0.4) is 0 Å². The molecule has 0 aliphatic carbocycles. The Morgan fingerprint density at radius 1 is 1.38 bits per heavy atom. The van der Waals surface area contributed by atoms with Gasteiger partial charge in [0.2, 0.25) is 0 Å². The van der Waals surface area contributed by atoms with Crippen LogP contribution in [0.4, 0.5) is 0 Å². The van der Waals surface area contributed by atoms with E-state index in [1.54, 1.807) is 16.9 Å². The summed E-state index contributed by atoms with van der Waals surface area (Å²) in [6.07, 6.45) is 1.68. The van der Waals surface area contributed by atoms with Gasteiger partial charge in [0.25, 0.3) is 0 Å². The Balaban J connectivity index is 3.01. The molecular formula is C10H16N2O. The van der Waals surface area contributed by atoms with Crippen LogP contribution in [0.2, 0.25) is 0 Å². The Morgan fingerprint density at radius 2 is 2.00 bits per heavy atom. The smallest absolute Gasteiger partial charge is 0.183 e. The van der Waals surface area contributed by atoms with E-state index >= 15 is 0 Å². The second-order valence-electron chi connectivity index (χ2n) is 3.77. The molecule has 0 N–H and O–H groups in total. The summed E-state index contributed by atoms with van der Waals surface area (Å²) in [6.45, 7) is 7.84. The number of ketones is 1. The minimum atomic E-state index is 0.0363. The van der Waals surface area contributed by atoms with Crippen LogP contribution in [-0.4, -0.2) is 15.6 Å². The summed E-state index contributed by atoms with van der Waals surface area (Å²) >= 11 is 0. The van der Waals surface area contributed by atoms with E-state index in [1.165, 1.54) is 0 Å². The number of carbonyl (C=O) groups is 1. The fourth-order valence-corrected chi connectivity index (χ4v) is 1.22. The Morgan fingerprint density at radius 3 is 2.46 bits per heavy atom. The first kappa shape index (κ1) is 9.96. The highest BCUT2D eigenvalue weighted by atomic mass is 16.1. The third kappa shape index (κ3) is 1.97. The Labute approximate surface area is 78.8 Å². The van der Waals surface area contributed by atoms with Gasteiger partial charge in [-0.15, -0.1) is 0 Å². The zero-order chi connectivity index (χ0) is 10.0. The molecule has 0 saturated heterocycles. The van der Waals surface area contributed by atoms with Gasteiger partial charge in [0.15, 0.2) is 5.78 Å². The summed E-state index contributed by atoms with van der Waals surface area (Å²) < 4.78 is 1.77. The molecule has 72 valence electrons. The first-order valence-electron chi connectivity index (χ1n) is 4.61. The average Bonchev–Trinajstić information content (AvgIpc) is 2.50. The number of hydrogen-bond acceptors (Lipinski definition) is 2. The molecule has 0 bridgehead atoms. The highest BCUT2D eigenvalue weighted by Crippen LogP contribution is 2.12. The lowest BCUT2D eigenvalue weighted by molar-refractivity contribution is 0.0926. The fraction of sp³-hybridized carbons (Fsp3) is 0.600. The fourth-order valence-electron chi connectivity index (χ4n) is 1.22. The highest BCUT2D eigenvalue weighted by molar-refractivity contribution is 5.95. The predicted molar refractivity (Wildman–Crippen MR) is 51.8 cm³/mol. The van der Waals surface area contributed by atoms with Crippen LogP contribution in [0.25, 0.3) is 0 Å². The van der Waals surface area contributed by atoms with Crippen LogP contribution in [0, 0.1) is 5.92 Å². The van der Waals surface area contributed by atoms with Gasteiger partial charge < -0.3 is 0 Å². The Hall–Kier alpha value is -1.12. The van der Waals surface area contributed by atoms with Crippen LogP contribution in [0.15, 0.2) is 12.3 Å². The van der Waals surface area contributed by atoms with Gasteiger partial charge in [-0.2, -0.15) is 5.10 Å². The zero-order valence-corrected chi connectivity index (χ0v) is 8.61. The Kier molecular flexibility index (Phi) is 2.86. The van der Waals surface area contributed by atoms with Crippen molar-refractivity contribution in [3.63, 3.8) is 0 Å². The SMILES string of the molecule is CC(C)C(=O)c1ccnn1C(C)C. The van der Waals surface area contributed by atoms with Gasteiger partial charge >= 0.3 is 0 Å². The maximum Gasteiger partial charge on any atom is 0.183 e. The molecule has 13 heavy (non-hydrogen) atoms. The molecule has 0 aromatic carbocycles. The van der Waals surface area contributed by atoms with E-state index < -0.39 is 0 Å². The van der Waals surface area contributed by atoms with Gasteiger partial charge in [0, 0.05) is 18.2 Å². The first-order valence-corrected chi connectivity index (χ1v) is 4.61. The monoisotopic (exact) mass is 180 g/mol. The van der Waals surface area contributed by atoms with Gasteiger partial charge in [-0.25, -0.2) is 0 Å². The van der Waals surface area contributed by atoms with E-state index in [1.807, 2.05) is 27.7 Å². The van der Waals surface area contributed by atoms with Crippen LogP contribution in [-0.2, 0) is 0 Å². The molecule has 0 amide bonds. The van der Waals surface area contributed by atoms with Crippen LogP contribution < -0.4 is 0 Å². The number of rotatable bonds is 3. The summed E-state index contributed by atoms with van der Waals surface area (Å²) in [5.41, 5.74) is 0.713. The molecule has 3 nitrogen and oxygen atoms in total. The second kappa shape index (κ2) is 3.73. The van der Waals surface area contributed by atoms with Crippen molar-refractivity contribution in [1.29, 1.82) is 0 Å². The van der Waals surface area contributed by atoms with Crippen LogP contribution in [0.1, 0.15) is 44.2 Å². The molecular weight excluding hydrogens is 164 g/mol. The molecule has 1 aromatic rings. The Bertz CT molecular complexity index is 300. The van der Waals surface area contributed by atoms with E-state index in [0.29, 0.717) is 5.69 Å². The van der Waals surface area contributed by atoms with Crippen molar-refractivity contribution in [3.05, 3.63) is 18.0 Å². The molecule has 3 heteroatoms. The summed E-state index contributed by atoms with van der Waals surface area (Å²) in [4.78, 5) is 11.7. The number of nitrogens with zero attached hydrogens (tertiary/aromatic N) is 2. The third-order valence-electron chi connectivity index (χ3n) is 1.94. The van der Waals surface area contributed by atoms with Crippen molar-refractivity contribution in [2.75, 3.05) is 0 Å². The third-order valence-corrected chi connectivity index (χ3v) is 1.94. The quantitative estimate of drug-likeness (QED) is 0.669. The van der Waals surface area contributed by atoms with Crippen molar-refractivity contribution in [3.8, 4) is 0 Å². The molecule has 0 fully saturated rings. The van der Waals surface area contributed by atoms with Crippen molar-refractivity contribution in [1.82, 2.24) is 9.78 Å². The second-order valence-corrected chi connectivity index (χ2v) is 3.77. The first-order chi connectivity index (χ1) is 6.04.